The van der Waals surface area contributed by atoms with Gasteiger partial charge in [0, 0.05) is 67.4 Å². The van der Waals surface area contributed by atoms with Crippen LogP contribution in [0.15, 0.2) is 41.3 Å². The van der Waals surface area contributed by atoms with Gasteiger partial charge in [-0.15, -0.1) is 0 Å². The van der Waals surface area contributed by atoms with Crippen molar-refractivity contribution in [1.29, 1.82) is 0 Å². The summed E-state index contributed by atoms with van der Waals surface area (Å²) in [5, 5.41) is 9.46. The molecule has 3 aromatic rings. The lowest BCUT2D eigenvalue weighted by Gasteiger charge is -2.29. The molecule has 0 bridgehead atoms. The molecule has 2 heterocycles. The largest absolute Gasteiger partial charge is 0.393 e. The second-order valence-corrected chi connectivity index (χ2v) is 8.33. The summed E-state index contributed by atoms with van der Waals surface area (Å²) in [6, 6.07) is 2.51. The van der Waals surface area contributed by atoms with Crippen molar-refractivity contribution in [1.82, 2.24) is 25.6 Å². The van der Waals surface area contributed by atoms with Gasteiger partial charge in [0.05, 0.1) is 11.7 Å². The van der Waals surface area contributed by atoms with Gasteiger partial charge in [-0.05, 0) is 38.8 Å². The molecule has 1 aliphatic carbocycles. The fourth-order valence-electron chi connectivity index (χ4n) is 4.13. The van der Waals surface area contributed by atoms with Crippen LogP contribution < -0.4 is 16.0 Å². The number of hydrogen-bond acceptors (Lipinski definition) is 7. The molecule has 1 aromatic carbocycles. The van der Waals surface area contributed by atoms with Gasteiger partial charge in [-0.2, -0.15) is 0 Å². The molecule has 8 nitrogen and oxygen atoms in total. The molecule has 1 fully saturated rings. The molecular weight excluding hydrogens is 471 g/mol. The molecule has 0 aliphatic heterocycles. The molecule has 0 unspecified atom stereocenters. The van der Waals surface area contributed by atoms with E-state index in [9.17, 15) is 18.0 Å². The van der Waals surface area contributed by atoms with Crippen LogP contribution in [0.2, 0.25) is 0 Å². The molecule has 11 heteroatoms. The first-order valence-corrected chi connectivity index (χ1v) is 11.6. The Balaban J connectivity index is 0.000000345. The van der Waals surface area contributed by atoms with Crippen molar-refractivity contribution in [3.05, 3.63) is 53.8 Å². The molecule has 192 valence electrons. The van der Waals surface area contributed by atoms with E-state index in [4.69, 9.17) is 0 Å². The van der Waals surface area contributed by atoms with Gasteiger partial charge in [0.1, 0.15) is 11.6 Å². The minimum Gasteiger partial charge on any atom is -0.393 e. The minimum atomic E-state index is -0.697. The highest BCUT2D eigenvalue weighted by atomic mass is 19.1. The summed E-state index contributed by atoms with van der Waals surface area (Å²) in [7, 11) is 5.27. The summed E-state index contributed by atoms with van der Waals surface area (Å²) < 4.78 is 41.8. The third-order valence-corrected chi connectivity index (χ3v) is 5.84. The number of nitrogens with one attached hydrogen (secondary N) is 4. The van der Waals surface area contributed by atoms with E-state index in [2.05, 4.69) is 35.9 Å². The second kappa shape index (κ2) is 12.8. The summed E-state index contributed by atoms with van der Waals surface area (Å²) in [5.74, 6) is -1.63. The fraction of sp³-hybridized carbons (Fsp3) is 0.360. The summed E-state index contributed by atoms with van der Waals surface area (Å²) >= 11 is 0. The molecule has 0 radical (unpaired) electrons. The first kappa shape index (κ1) is 26.9. The first-order chi connectivity index (χ1) is 17.4. The van der Waals surface area contributed by atoms with Crippen molar-refractivity contribution in [3.63, 3.8) is 0 Å². The topological polar surface area (TPSA) is 107 Å². The number of aldehydes is 1. The lowest BCUT2D eigenvalue weighted by atomic mass is 9.91. The number of hydrogen-bond donors (Lipinski definition) is 4. The van der Waals surface area contributed by atoms with Crippen molar-refractivity contribution in [3.8, 4) is 11.4 Å². The molecule has 4 rings (SSSR count). The van der Waals surface area contributed by atoms with Gasteiger partial charge >= 0.3 is 0 Å². The predicted molar refractivity (Wildman–Crippen MR) is 136 cm³/mol. The van der Waals surface area contributed by atoms with E-state index in [-0.39, 0.29) is 23.2 Å². The van der Waals surface area contributed by atoms with Gasteiger partial charge in [0.15, 0.2) is 23.7 Å². The molecule has 36 heavy (non-hydrogen) atoms. The molecule has 2 aromatic heterocycles. The molecule has 2 atom stereocenters. The van der Waals surface area contributed by atoms with Gasteiger partial charge < -0.3 is 20.9 Å². The van der Waals surface area contributed by atoms with Crippen molar-refractivity contribution in [2.24, 2.45) is 4.99 Å². The maximum atomic E-state index is 14.3. The zero-order chi connectivity index (χ0) is 26.1. The molecule has 1 saturated carbocycles. The first-order valence-electron chi connectivity index (χ1n) is 11.6. The number of halogens is 3. The van der Waals surface area contributed by atoms with E-state index in [1.165, 1.54) is 18.5 Å². The number of H-pyrrole nitrogens is 1. The van der Waals surface area contributed by atoms with Crippen LogP contribution in [0.4, 0.5) is 19.0 Å². The lowest BCUT2D eigenvalue weighted by Crippen LogP contribution is -2.37. The van der Waals surface area contributed by atoms with Crippen LogP contribution in [0.1, 0.15) is 25.7 Å². The Morgan fingerprint density at radius 1 is 1.17 bits per heavy atom. The maximum absolute atomic E-state index is 14.3. The number of allylic oxidation sites excluding steroid dienone is 1. The quantitative estimate of drug-likeness (QED) is 0.222. The van der Waals surface area contributed by atoms with E-state index in [0.29, 0.717) is 22.6 Å². The number of aromatic amines is 1. The van der Waals surface area contributed by atoms with Crippen LogP contribution in [-0.2, 0) is 4.79 Å². The second-order valence-electron chi connectivity index (χ2n) is 8.33. The van der Waals surface area contributed by atoms with Crippen LogP contribution in [0.3, 0.4) is 0 Å². The van der Waals surface area contributed by atoms with Crippen molar-refractivity contribution in [2.75, 3.05) is 26.5 Å². The summed E-state index contributed by atoms with van der Waals surface area (Å²) in [5.41, 5.74) is 1.13. The number of carbonyl (C=O) groups excluding carboxylic acids is 1. The van der Waals surface area contributed by atoms with Crippen LogP contribution in [0.5, 0.6) is 0 Å². The maximum Gasteiger partial charge on any atom is 0.183 e. The summed E-state index contributed by atoms with van der Waals surface area (Å²) in [6.45, 7) is 0. The number of aliphatic imine (C=N–C) groups is 1. The number of anilines is 1. The Bertz CT molecular complexity index is 1240. The number of rotatable bonds is 7. The molecule has 0 amide bonds. The predicted octanol–water partition coefficient (Wildman–Crippen LogP) is 3.97. The lowest BCUT2D eigenvalue weighted by molar-refractivity contribution is -0.104. The summed E-state index contributed by atoms with van der Waals surface area (Å²) in [4.78, 5) is 24.8. The third kappa shape index (κ3) is 6.69. The Kier molecular flexibility index (Phi) is 9.57. The monoisotopic (exact) mass is 501 g/mol. The smallest absolute Gasteiger partial charge is 0.183 e. The average Bonchev–Trinajstić information content (AvgIpc) is 3.30. The van der Waals surface area contributed by atoms with Gasteiger partial charge in [-0.1, -0.05) is 0 Å². The Labute approximate surface area is 207 Å². The zero-order valence-electron chi connectivity index (χ0n) is 20.4. The van der Waals surface area contributed by atoms with Gasteiger partial charge in [0.2, 0.25) is 0 Å². The highest BCUT2D eigenvalue weighted by Crippen LogP contribution is 2.30. The highest BCUT2D eigenvalue weighted by Gasteiger charge is 2.23. The molecular formula is C25H30F3N7O. The molecule has 4 N–H and O–H groups in total. The number of carbonyl (C=O) groups is 1. The minimum absolute atomic E-state index is 0.103. The Morgan fingerprint density at radius 3 is 2.64 bits per heavy atom. The van der Waals surface area contributed by atoms with Crippen LogP contribution in [0.25, 0.3) is 22.3 Å². The summed E-state index contributed by atoms with van der Waals surface area (Å²) in [6.07, 6.45) is 10.3. The van der Waals surface area contributed by atoms with Gasteiger partial charge in [0.25, 0.3) is 0 Å². The normalized spacial score (nSPS) is 18.1. The standard InChI is InChI=1S/C19H20F3N5.C6H10N2O/c1-23-11-3-2-4-12(7-11)26-19-16(22)9-25-18(27-19)14-8-24-17-13(14)5-10(20)6-15(17)21;1-7-3-6(5-9)4-8-2/h5-6,8-9,11-12,23-24H,2-4,7H2,1H3,(H,25,26,27);3-5,7H,1-2H3/b;6-3+,8-4?/t11-,12+;/m1./s1. The zero-order valence-corrected chi connectivity index (χ0v) is 20.4. The van der Waals surface area contributed by atoms with Crippen molar-refractivity contribution in [2.45, 2.75) is 37.8 Å². The number of nitrogens with zero attached hydrogens (tertiary/aromatic N) is 3. The third-order valence-electron chi connectivity index (χ3n) is 5.84. The van der Waals surface area contributed by atoms with E-state index < -0.39 is 17.5 Å². The molecule has 0 spiro atoms. The molecule has 0 saturated heterocycles. The highest BCUT2D eigenvalue weighted by molar-refractivity contribution is 6.01. The number of aromatic nitrogens is 3. The van der Waals surface area contributed by atoms with Crippen LogP contribution >= 0.6 is 0 Å². The van der Waals surface area contributed by atoms with E-state index >= 15 is 0 Å². The van der Waals surface area contributed by atoms with Crippen LogP contribution in [0, 0.1) is 17.5 Å². The van der Waals surface area contributed by atoms with Crippen LogP contribution in [-0.4, -0.2) is 60.7 Å². The van der Waals surface area contributed by atoms with E-state index in [1.54, 1.807) is 20.3 Å². The Morgan fingerprint density at radius 2 is 1.94 bits per heavy atom. The van der Waals surface area contributed by atoms with Crippen molar-refractivity contribution >= 4 is 29.2 Å². The fourth-order valence-corrected chi connectivity index (χ4v) is 4.13. The van der Waals surface area contributed by atoms with Gasteiger partial charge in [-0.25, -0.2) is 23.1 Å². The van der Waals surface area contributed by atoms with E-state index in [1.807, 2.05) is 7.05 Å². The number of fused-ring (bicyclic) bond motifs is 1. The van der Waals surface area contributed by atoms with Crippen molar-refractivity contribution < 1.29 is 18.0 Å². The average molecular weight is 502 g/mol. The number of benzene rings is 1. The van der Waals surface area contributed by atoms with Gasteiger partial charge in [-0.3, -0.25) is 9.79 Å². The SMILES string of the molecule is CN=C/C(C=O)=C\NC.CN[C@@H]1CCC[C@H](Nc2nc(-c3c[nH]c4c(F)cc(F)cc34)ncc2F)C1. The molecule has 1 aliphatic rings. The Hall–Kier alpha value is -3.73. The van der Waals surface area contributed by atoms with E-state index in [0.717, 1.165) is 44.2 Å².